The van der Waals surface area contributed by atoms with E-state index in [1.807, 2.05) is 0 Å². The standard InChI is InChI=1S/C16H23BrN2/c1-11-15(17)7-4-8-16(11)19-13-5-3-6-14(19)10-12(9-13)18-2/h4,7-8,12-14,18H,3,5-6,9-10H2,1-2H3. The molecule has 2 heterocycles. The summed E-state index contributed by atoms with van der Waals surface area (Å²) >= 11 is 3.68. The molecule has 3 heteroatoms. The van der Waals surface area contributed by atoms with Crippen LogP contribution >= 0.6 is 15.9 Å². The molecular weight excluding hydrogens is 300 g/mol. The fourth-order valence-corrected chi connectivity index (χ4v) is 4.24. The third kappa shape index (κ3) is 2.43. The summed E-state index contributed by atoms with van der Waals surface area (Å²) in [6, 6.07) is 8.77. The Morgan fingerprint density at radius 1 is 1.21 bits per heavy atom. The molecule has 0 spiro atoms. The van der Waals surface area contributed by atoms with Crippen molar-refractivity contribution in [3.05, 3.63) is 28.2 Å². The second kappa shape index (κ2) is 5.45. The van der Waals surface area contributed by atoms with Crippen molar-refractivity contribution in [2.75, 3.05) is 11.9 Å². The monoisotopic (exact) mass is 322 g/mol. The van der Waals surface area contributed by atoms with Gasteiger partial charge in [-0.3, -0.25) is 0 Å². The minimum atomic E-state index is 0.707. The first-order chi connectivity index (χ1) is 9.20. The number of halogens is 1. The van der Waals surface area contributed by atoms with Crippen molar-refractivity contribution in [2.45, 2.75) is 57.2 Å². The molecule has 2 nitrogen and oxygen atoms in total. The minimum Gasteiger partial charge on any atom is -0.365 e. The fourth-order valence-electron chi connectivity index (χ4n) is 3.89. The van der Waals surface area contributed by atoms with Crippen LogP contribution in [0.4, 0.5) is 5.69 Å². The highest BCUT2D eigenvalue weighted by Gasteiger charge is 2.38. The zero-order valence-electron chi connectivity index (χ0n) is 11.8. The summed E-state index contributed by atoms with van der Waals surface area (Å²) in [7, 11) is 2.11. The van der Waals surface area contributed by atoms with Gasteiger partial charge in [-0.05, 0) is 63.8 Å². The Morgan fingerprint density at radius 2 is 1.89 bits per heavy atom. The van der Waals surface area contributed by atoms with E-state index in [0.29, 0.717) is 6.04 Å². The lowest BCUT2D eigenvalue weighted by Crippen LogP contribution is -2.56. The molecule has 2 saturated heterocycles. The Labute approximate surface area is 124 Å². The van der Waals surface area contributed by atoms with Crippen molar-refractivity contribution in [1.29, 1.82) is 0 Å². The molecule has 2 aliphatic rings. The first-order valence-corrected chi connectivity index (χ1v) is 8.20. The zero-order chi connectivity index (χ0) is 13.4. The van der Waals surface area contributed by atoms with Crippen LogP contribution < -0.4 is 10.2 Å². The number of anilines is 1. The molecule has 1 N–H and O–H groups in total. The van der Waals surface area contributed by atoms with Crippen LogP contribution in [0, 0.1) is 6.92 Å². The van der Waals surface area contributed by atoms with Gasteiger partial charge in [0.1, 0.15) is 0 Å². The van der Waals surface area contributed by atoms with Crippen LogP contribution in [0.25, 0.3) is 0 Å². The molecule has 0 aliphatic carbocycles. The topological polar surface area (TPSA) is 15.3 Å². The number of nitrogens with one attached hydrogen (secondary N) is 1. The van der Waals surface area contributed by atoms with Crippen LogP contribution in [0.2, 0.25) is 0 Å². The van der Waals surface area contributed by atoms with E-state index in [9.17, 15) is 0 Å². The van der Waals surface area contributed by atoms with Crippen LogP contribution in [0.15, 0.2) is 22.7 Å². The highest BCUT2D eigenvalue weighted by Crippen LogP contribution is 2.40. The van der Waals surface area contributed by atoms with E-state index >= 15 is 0 Å². The molecule has 1 aromatic carbocycles. The Morgan fingerprint density at radius 3 is 2.53 bits per heavy atom. The summed E-state index contributed by atoms with van der Waals surface area (Å²) < 4.78 is 1.24. The molecule has 0 saturated carbocycles. The van der Waals surface area contributed by atoms with Gasteiger partial charge in [0.25, 0.3) is 0 Å². The maximum atomic E-state index is 3.68. The molecule has 104 valence electrons. The average molecular weight is 323 g/mol. The van der Waals surface area contributed by atoms with Crippen LogP contribution in [-0.2, 0) is 0 Å². The number of hydrogen-bond donors (Lipinski definition) is 1. The minimum absolute atomic E-state index is 0.707. The van der Waals surface area contributed by atoms with Gasteiger partial charge in [-0.15, -0.1) is 0 Å². The molecular formula is C16H23BrN2. The largest absolute Gasteiger partial charge is 0.365 e. The molecule has 3 rings (SSSR count). The molecule has 1 aromatic rings. The highest BCUT2D eigenvalue weighted by molar-refractivity contribution is 9.10. The maximum absolute atomic E-state index is 3.68. The quantitative estimate of drug-likeness (QED) is 0.889. The van der Waals surface area contributed by atoms with E-state index < -0.39 is 0 Å². The van der Waals surface area contributed by atoms with E-state index in [1.54, 1.807) is 0 Å². The van der Waals surface area contributed by atoms with Gasteiger partial charge in [-0.1, -0.05) is 22.0 Å². The van der Waals surface area contributed by atoms with Crippen molar-refractivity contribution >= 4 is 21.6 Å². The third-order valence-corrected chi connectivity index (χ3v) is 5.76. The van der Waals surface area contributed by atoms with Crippen molar-refractivity contribution in [2.24, 2.45) is 0 Å². The van der Waals surface area contributed by atoms with Gasteiger partial charge >= 0.3 is 0 Å². The van der Waals surface area contributed by atoms with Gasteiger partial charge in [-0.25, -0.2) is 0 Å². The molecule has 2 fully saturated rings. The zero-order valence-corrected chi connectivity index (χ0v) is 13.4. The predicted molar refractivity (Wildman–Crippen MR) is 84.9 cm³/mol. The van der Waals surface area contributed by atoms with E-state index in [0.717, 1.165) is 12.1 Å². The third-order valence-electron chi connectivity index (χ3n) is 4.90. The number of hydrogen-bond acceptors (Lipinski definition) is 2. The van der Waals surface area contributed by atoms with Crippen LogP contribution in [0.1, 0.15) is 37.7 Å². The van der Waals surface area contributed by atoms with Crippen molar-refractivity contribution in [3.8, 4) is 0 Å². The number of fused-ring (bicyclic) bond motifs is 2. The molecule has 2 unspecified atom stereocenters. The average Bonchev–Trinajstić information content (AvgIpc) is 2.40. The predicted octanol–water partition coefficient (Wildman–Crippen LogP) is 3.87. The summed E-state index contributed by atoms with van der Waals surface area (Å²) in [5.41, 5.74) is 2.83. The number of piperidine rings is 2. The number of rotatable bonds is 2. The normalized spacial score (nSPS) is 30.5. The molecule has 2 atom stereocenters. The Kier molecular flexibility index (Phi) is 3.86. The first kappa shape index (κ1) is 13.4. The summed E-state index contributed by atoms with van der Waals surface area (Å²) in [6.45, 7) is 2.24. The van der Waals surface area contributed by atoms with Crippen LogP contribution in [0.3, 0.4) is 0 Å². The smallest absolute Gasteiger partial charge is 0.0412 e. The Bertz CT molecular complexity index is 446. The summed E-state index contributed by atoms with van der Waals surface area (Å²) in [6.07, 6.45) is 6.68. The van der Waals surface area contributed by atoms with Gasteiger partial charge in [0.2, 0.25) is 0 Å². The summed E-state index contributed by atoms with van der Waals surface area (Å²) in [5.74, 6) is 0. The lowest BCUT2D eigenvalue weighted by molar-refractivity contribution is 0.252. The van der Waals surface area contributed by atoms with E-state index in [-0.39, 0.29) is 0 Å². The molecule has 19 heavy (non-hydrogen) atoms. The van der Waals surface area contributed by atoms with E-state index in [1.165, 1.54) is 47.8 Å². The van der Waals surface area contributed by atoms with Gasteiger partial charge in [0.05, 0.1) is 0 Å². The fraction of sp³-hybridized carbons (Fsp3) is 0.625. The second-order valence-electron chi connectivity index (χ2n) is 5.99. The first-order valence-electron chi connectivity index (χ1n) is 7.41. The Balaban J connectivity index is 1.94. The van der Waals surface area contributed by atoms with Gasteiger partial charge in [0.15, 0.2) is 0 Å². The number of nitrogens with zero attached hydrogens (tertiary/aromatic N) is 1. The highest BCUT2D eigenvalue weighted by atomic mass is 79.9. The Hall–Kier alpha value is -0.540. The SMILES string of the molecule is CNC1CC2CCCC(C1)N2c1cccc(Br)c1C. The van der Waals surface area contributed by atoms with Crippen LogP contribution in [-0.4, -0.2) is 25.2 Å². The lowest BCUT2D eigenvalue weighted by atomic mass is 9.81. The molecule has 0 radical (unpaired) electrons. The summed E-state index contributed by atoms with van der Waals surface area (Å²) in [5, 5.41) is 3.49. The second-order valence-corrected chi connectivity index (χ2v) is 6.84. The van der Waals surface area contributed by atoms with Gasteiger partial charge < -0.3 is 10.2 Å². The van der Waals surface area contributed by atoms with E-state index in [4.69, 9.17) is 0 Å². The number of benzene rings is 1. The molecule has 2 bridgehead atoms. The van der Waals surface area contributed by atoms with Gasteiger partial charge in [0, 0.05) is 28.3 Å². The van der Waals surface area contributed by atoms with Crippen molar-refractivity contribution in [3.63, 3.8) is 0 Å². The van der Waals surface area contributed by atoms with Crippen molar-refractivity contribution < 1.29 is 0 Å². The maximum Gasteiger partial charge on any atom is 0.0412 e. The summed E-state index contributed by atoms with van der Waals surface area (Å²) in [4.78, 5) is 2.72. The molecule has 2 aliphatic heterocycles. The van der Waals surface area contributed by atoms with Crippen LogP contribution in [0.5, 0.6) is 0 Å². The van der Waals surface area contributed by atoms with E-state index in [2.05, 4.69) is 58.3 Å². The van der Waals surface area contributed by atoms with Crippen molar-refractivity contribution in [1.82, 2.24) is 5.32 Å². The molecule has 0 aromatic heterocycles. The molecule has 0 amide bonds. The lowest BCUT2D eigenvalue weighted by Gasteiger charge is -2.50. The van der Waals surface area contributed by atoms with Gasteiger partial charge in [-0.2, -0.15) is 0 Å².